The highest BCUT2D eigenvalue weighted by molar-refractivity contribution is 5.29. The normalized spacial score (nSPS) is 11.8. The van der Waals surface area contributed by atoms with Crippen molar-refractivity contribution in [2.45, 2.75) is 33.1 Å². The Balaban J connectivity index is 2.49. The largest absolute Gasteiger partial charge is 0.489 e. The molecule has 102 valence electrons. The lowest BCUT2D eigenvalue weighted by Crippen LogP contribution is -1.99. The van der Waals surface area contributed by atoms with Crippen molar-refractivity contribution in [3.8, 4) is 5.75 Å². The van der Waals surface area contributed by atoms with E-state index >= 15 is 0 Å². The Morgan fingerprint density at radius 1 is 1.26 bits per heavy atom. The minimum Gasteiger partial charge on any atom is -0.489 e. The molecule has 1 rings (SSSR count). The van der Waals surface area contributed by atoms with E-state index in [1.54, 1.807) is 6.08 Å². The maximum absolute atomic E-state index is 5.76. The number of benzene rings is 1. The summed E-state index contributed by atoms with van der Waals surface area (Å²) in [6.07, 6.45) is 11.4. The van der Waals surface area contributed by atoms with Crippen molar-refractivity contribution in [1.82, 2.24) is 0 Å². The fraction of sp³-hybridized carbons (Fsp3) is 0.333. The maximum atomic E-state index is 5.76. The molecular weight excluding hydrogens is 232 g/mol. The van der Waals surface area contributed by atoms with Gasteiger partial charge in [0.1, 0.15) is 12.4 Å². The fourth-order valence-electron chi connectivity index (χ4n) is 1.72. The summed E-state index contributed by atoms with van der Waals surface area (Å²) in [5, 5.41) is 0. The average Bonchev–Trinajstić information content (AvgIpc) is 2.46. The van der Waals surface area contributed by atoms with E-state index in [1.807, 2.05) is 19.1 Å². The quantitative estimate of drug-likeness (QED) is 0.588. The topological polar surface area (TPSA) is 9.23 Å². The van der Waals surface area contributed by atoms with Gasteiger partial charge in [-0.3, -0.25) is 0 Å². The van der Waals surface area contributed by atoms with Gasteiger partial charge in [-0.05, 0) is 43.0 Å². The Labute approximate surface area is 117 Å². The second-order valence-electron chi connectivity index (χ2n) is 4.49. The predicted octanol–water partition coefficient (Wildman–Crippen LogP) is 5.10. The van der Waals surface area contributed by atoms with Crippen LogP contribution in [0.15, 0.2) is 60.7 Å². The number of hydrogen-bond donors (Lipinski definition) is 0. The molecule has 0 fully saturated rings. The highest BCUT2D eigenvalue weighted by Crippen LogP contribution is 2.15. The van der Waals surface area contributed by atoms with Crippen molar-refractivity contribution < 1.29 is 4.74 Å². The zero-order valence-corrected chi connectivity index (χ0v) is 12.1. The number of ether oxygens (including phenoxy) is 1. The summed E-state index contributed by atoms with van der Waals surface area (Å²) in [5.41, 5.74) is 2.53. The zero-order chi connectivity index (χ0) is 13.9. The standard InChI is InChI=1S/C18H24O/c1-4-7-9-16(6-3)15-19-18-13-11-17(12-14-18)10-8-5-2/h4,6-7,9,11-14H,1,5,8,10,15H2,2-3H3/b9-7-,16-6+. The van der Waals surface area contributed by atoms with Gasteiger partial charge in [-0.25, -0.2) is 0 Å². The molecular formula is C18H24O. The second kappa shape index (κ2) is 9.21. The van der Waals surface area contributed by atoms with E-state index in [-0.39, 0.29) is 0 Å². The zero-order valence-electron chi connectivity index (χ0n) is 12.1. The third kappa shape index (κ3) is 6.10. The minimum atomic E-state index is 0.592. The Hall–Kier alpha value is -1.76. The Morgan fingerprint density at radius 3 is 2.58 bits per heavy atom. The first-order valence-electron chi connectivity index (χ1n) is 6.96. The smallest absolute Gasteiger partial charge is 0.119 e. The van der Waals surface area contributed by atoms with E-state index in [0.717, 1.165) is 17.7 Å². The van der Waals surface area contributed by atoms with E-state index in [1.165, 1.54) is 18.4 Å². The highest BCUT2D eigenvalue weighted by atomic mass is 16.5. The van der Waals surface area contributed by atoms with E-state index in [0.29, 0.717) is 6.61 Å². The van der Waals surface area contributed by atoms with E-state index in [4.69, 9.17) is 4.74 Å². The van der Waals surface area contributed by atoms with Gasteiger partial charge in [-0.2, -0.15) is 0 Å². The van der Waals surface area contributed by atoms with Crippen molar-refractivity contribution in [2.75, 3.05) is 6.61 Å². The molecule has 0 radical (unpaired) electrons. The molecule has 0 aliphatic heterocycles. The van der Waals surface area contributed by atoms with Crippen molar-refractivity contribution in [3.63, 3.8) is 0 Å². The van der Waals surface area contributed by atoms with Crippen LogP contribution in [0.5, 0.6) is 5.75 Å². The van der Waals surface area contributed by atoms with Crippen molar-refractivity contribution in [3.05, 3.63) is 66.3 Å². The van der Waals surface area contributed by atoms with Crippen LogP contribution < -0.4 is 4.74 Å². The van der Waals surface area contributed by atoms with E-state index < -0.39 is 0 Å². The van der Waals surface area contributed by atoms with Gasteiger partial charge < -0.3 is 4.74 Å². The summed E-state index contributed by atoms with van der Waals surface area (Å²) >= 11 is 0. The molecule has 19 heavy (non-hydrogen) atoms. The van der Waals surface area contributed by atoms with Crippen molar-refractivity contribution in [1.29, 1.82) is 0 Å². The molecule has 0 aliphatic carbocycles. The van der Waals surface area contributed by atoms with Gasteiger partial charge in [0.05, 0.1) is 0 Å². The van der Waals surface area contributed by atoms with Gasteiger partial charge in [-0.1, -0.05) is 56.4 Å². The van der Waals surface area contributed by atoms with E-state index in [2.05, 4.69) is 43.8 Å². The summed E-state index contributed by atoms with van der Waals surface area (Å²) in [6.45, 7) is 8.49. The number of hydrogen-bond acceptors (Lipinski definition) is 1. The molecule has 0 N–H and O–H groups in total. The summed E-state index contributed by atoms with van der Waals surface area (Å²) in [5.74, 6) is 0.923. The number of unbranched alkanes of at least 4 members (excludes halogenated alkanes) is 1. The van der Waals surface area contributed by atoms with Crippen LogP contribution in [-0.4, -0.2) is 6.61 Å². The molecule has 0 aromatic heterocycles. The van der Waals surface area contributed by atoms with Crippen molar-refractivity contribution in [2.24, 2.45) is 0 Å². The van der Waals surface area contributed by atoms with Gasteiger partial charge >= 0.3 is 0 Å². The van der Waals surface area contributed by atoms with Crippen LogP contribution in [-0.2, 0) is 6.42 Å². The van der Waals surface area contributed by atoms with Crippen molar-refractivity contribution >= 4 is 0 Å². The molecule has 0 heterocycles. The Bertz CT molecular complexity index is 424. The van der Waals surface area contributed by atoms with Gasteiger partial charge in [0.15, 0.2) is 0 Å². The fourth-order valence-corrected chi connectivity index (χ4v) is 1.72. The molecule has 1 aromatic rings. The lowest BCUT2D eigenvalue weighted by atomic mass is 10.1. The second-order valence-corrected chi connectivity index (χ2v) is 4.49. The molecule has 1 aromatic carbocycles. The average molecular weight is 256 g/mol. The predicted molar refractivity (Wildman–Crippen MR) is 83.6 cm³/mol. The van der Waals surface area contributed by atoms with Crippen LogP contribution in [0.25, 0.3) is 0 Å². The molecule has 0 unspecified atom stereocenters. The number of allylic oxidation sites excluding steroid dienone is 3. The number of rotatable bonds is 8. The molecule has 0 saturated heterocycles. The van der Waals surface area contributed by atoms with Crippen LogP contribution in [0.4, 0.5) is 0 Å². The summed E-state index contributed by atoms with van der Waals surface area (Å²) in [4.78, 5) is 0. The lowest BCUT2D eigenvalue weighted by Gasteiger charge is -2.07. The molecule has 1 heteroatoms. The summed E-state index contributed by atoms with van der Waals surface area (Å²) in [6, 6.07) is 8.41. The Kier molecular flexibility index (Phi) is 7.41. The molecule has 0 spiro atoms. The highest BCUT2D eigenvalue weighted by Gasteiger charge is 1.97. The first-order chi connectivity index (χ1) is 9.30. The van der Waals surface area contributed by atoms with Gasteiger partial charge in [0, 0.05) is 0 Å². The molecule has 0 atom stereocenters. The first kappa shape index (κ1) is 15.3. The minimum absolute atomic E-state index is 0.592. The van der Waals surface area contributed by atoms with Crippen LogP contribution >= 0.6 is 0 Å². The van der Waals surface area contributed by atoms with Gasteiger partial charge in [0.2, 0.25) is 0 Å². The third-order valence-corrected chi connectivity index (χ3v) is 2.97. The maximum Gasteiger partial charge on any atom is 0.119 e. The van der Waals surface area contributed by atoms with Gasteiger partial charge in [0.25, 0.3) is 0 Å². The Morgan fingerprint density at radius 2 is 2.00 bits per heavy atom. The summed E-state index contributed by atoms with van der Waals surface area (Å²) in [7, 11) is 0. The van der Waals surface area contributed by atoms with Crippen LogP contribution in [0.1, 0.15) is 32.3 Å². The SMILES string of the molecule is C=C/C=C\C(=C/C)COc1ccc(CCCC)cc1. The van der Waals surface area contributed by atoms with Crippen LogP contribution in [0.2, 0.25) is 0 Å². The number of aryl methyl sites for hydroxylation is 1. The molecule has 0 bridgehead atoms. The molecule has 0 amide bonds. The van der Waals surface area contributed by atoms with Crippen LogP contribution in [0.3, 0.4) is 0 Å². The first-order valence-corrected chi connectivity index (χ1v) is 6.96. The molecule has 0 aliphatic rings. The van der Waals surface area contributed by atoms with E-state index in [9.17, 15) is 0 Å². The van der Waals surface area contributed by atoms with Gasteiger partial charge in [-0.15, -0.1) is 0 Å². The summed E-state index contributed by atoms with van der Waals surface area (Å²) < 4.78 is 5.76. The molecule has 0 saturated carbocycles. The molecule has 1 nitrogen and oxygen atoms in total. The third-order valence-electron chi connectivity index (χ3n) is 2.97. The monoisotopic (exact) mass is 256 g/mol. The van der Waals surface area contributed by atoms with Crippen LogP contribution in [0, 0.1) is 0 Å². The lowest BCUT2D eigenvalue weighted by molar-refractivity contribution is 0.355.